The van der Waals surface area contributed by atoms with Gasteiger partial charge in [0.1, 0.15) is 0 Å². The molecule has 4 nitrogen and oxygen atoms in total. The number of aryl methyl sites for hydroxylation is 1. The second kappa shape index (κ2) is 5.94. The molecular weight excluding hydrogens is 224 g/mol. The number of imidazole rings is 1. The van der Waals surface area contributed by atoms with E-state index >= 15 is 0 Å². The molecule has 0 aliphatic carbocycles. The molecule has 1 unspecified atom stereocenters. The Kier molecular flexibility index (Phi) is 4.86. The number of hydrogen-bond donors (Lipinski definition) is 1. The molecule has 5 heteroatoms. The van der Waals surface area contributed by atoms with Crippen LogP contribution in [0, 0.1) is 0 Å². The molecule has 0 spiro atoms. The molecule has 1 atom stereocenters. The van der Waals surface area contributed by atoms with Gasteiger partial charge in [-0.3, -0.25) is 4.79 Å². The van der Waals surface area contributed by atoms with Gasteiger partial charge in [-0.2, -0.15) is 0 Å². The van der Waals surface area contributed by atoms with Crippen molar-refractivity contribution in [2.75, 3.05) is 5.75 Å². The Morgan fingerprint density at radius 2 is 2.31 bits per heavy atom. The molecule has 1 N–H and O–H groups in total. The van der Waals surface area contributed by atoms with E-state index in [9.17, 15) is 4.79 Å². The van der Waals surface area contributed by atoms with Crippen molar-refractivity contribution < 1.29 is 9.90 Å². The molecule has 0 fully saturated rings. The molecule has 90 valence electrons. The van der Waals surface area contributed by atoms with Gasteiger partial charge in [-0.05, 0) is 19.8 Å². The summed E-state index contributed by atoms with van der Waals surface area (Å²) in [4.78, 5) is 14.8. The molecule has 0 saturated heterocycles. The highest BCUT2D eigenvalue weighted by Crippen LogP contribution is 2.24. The Morgan fingerprint density at radius 1 is 1.62 bits per heavy atom. The molecular formula is C11H18N2O2S. The quantitative estimate of drug-likeness (QED) is 0.779. The number of aromatic nitrogens is 2. The topological polar surface area (TPSA) is 55.1 Å². The van der Waals surface area contributed by atoms with Gasteiger partial charge in [0.2, 0.25) is 0 Å². The molecule has 1 heterocycles. The summed E-state index contributed by atoms with van der Waals surface area (Å²) in [5, 5.41) is 9.48. The van der Waals surface area contributed by atoms with Gasteiger partial charge in [-0.1, -0.05) is 25.6 Å². The Labute approximate surface area is 100 Å². The van der Waals surface area contributed by atoms with Gasteiger partial charge in [0.25, 0.3) is 0 Å². The van der Waals surface area contributed by atoms with Crippen LogP contribution in [0.5, 0.6) is 0 Å². The Hall–Kier alpha value is -0.970. The van der Waals surface area contributed by atoms with E-state index in [1.807, 2.05) is 6.20 Å². The molecule has 0 bridgehead atoms. The summed E-state index contributed by atoms with van der Waals surface area (Å²) in [5.41, 5.74) is 1.17. The minimum absolute atomic E-state index is 0.0661. The molecule has 0 aliphatic rings. The normalized spacial score (nSPS) is 12.7. The van der Waals surface area contributed by atoms with E-state index in [1.165, 1.54) is 17.5 Å². The first-order valence-corrected chi connectivity index (χ1v) is 6.49. The molecule has 1 aromatic rings. The summed E-state index contributed by atoms with van der Waals surface area (Å²) in [6.45, 7) is 6.34. The van der Waals surface area contributed by atoms with Crippen molar-refractivity contribution in [1.82, 2.24) is 9.55 Å². The van der Waals surface area contributed by atoms with E-state index in [0.29, 0.717) is 6.04 Å². The van der Waals surface area contributed by atoms with Crippen LogP contribution in [0.25, 0.3) is 0 Å². The Bertz CT molecular complexity index is 363. The Morgan fingerprint density at radius 3 is 2.81 bits per heavy atom. The molecule has 1 aromatic heterocycles. The summed E-state index contributed by atoms with van der Waals surface area (Å²) >= 11 is 1.29. The zero-order valence-electron chi connectivity index (χ0n) is 9.93. The van der Waals surface area contributed by atoms with Gasteiger partial charge in [-0.25, -0.2) is 4.98 Å². The Balaban J connectivity index is 2.90. The lowest BCUT2D eigenvalue weighted by molar-refractivity contribution is -0.133. The molecule has 0 aromatic carbocycles. The summed E-state index contributed by atoms with van der Waals surface area (Å²) < 4.78 is 2.15. The second-order valence-electron chi connectivity index (χ2n) is 3.70. The summed E-state index contributed by atoms with van der Waals surface area (Å²) in [6.07, 6.45) is 3.78. The van der Waals surface area contributed by atoms with Gasteiger partial charge in [0.05, 0.1) is 5.75 Å². The number of rotatable bonds is 6. The molecule has 0 radical (unpaired) electrons. The van der Waals surface area contributed by atoms with Crippen molar-refractivity contribution >= 4 is 17.7 Å². The highest BCUT2D eigenvalue weighted by atomic mass is 32.2. The number of carboxylic acid groups (broad SMARTS) is 1. The van der Waals surface area contributed by atoms with Crippen molar-refractivity contribution in [2.24, 2.45) is 0 Å². The van der Waals surface area contributed by atoms with Crippen LogP contribution < -0.4 is 0 Å². The van der Waals surface area contributed by atoms with Crippen molar-refractivity contribution in [1.29, 1.82) is 0 Å². The first-order chi connectivity index (χ1) is 7.60. The SMILES string of the molecule is CCc1cnc(SCC(=O)O)n1C(C)CC. The van der Waals surface area contributed by atoms with Crippen molar-refractivity contribution in [3.63, 3.8) is 0 Å². The average Bonchev–Trinajstić information content (AvgIpc) is 2.68. The third kappa shape index (κ3) is 3.01. The average molecular weight is 242 g/mol. The zero-order chi connectivity index (χ0) is 12.1. The minimum atomic E-state index is -0.804. The zero-order valence-corrected chi connectivity index (χ0v) is 10.8. The number of thioether (sulfide) groups is 1. The first kappa shape index (κ1) is 13.1. The van der Waals surface area contributed by atoms with Crippen LogP contribution in [0.3, 0.4) is 0 Å². The predicted molar refractivity (Wildman–Crippen MR) is 65.0 cm³/mol. The lowest BCUT2D eigenvalue weighted by Crippen LogP contribution is -2.10. The fourth-order valence-electron chi connectivity index (χ4n) is 1.53. The highest BCUT2D eigenvalue weighted by molar-refractivity contribution is 7.99. The van der Waals surface area contributed by atoms with E-state index in [4.69, 9.17) is 5.11 Å². The lowest BCUT2D eigenvalue weighted by Gasteiger charge is -2.16. The number of carbonyl (C=O) groups is 1. The fraction of sp³-hybridized carbons (Fsp3) is 0.636. The smallest absolute Gasteiger partial charge is 0.313 e. The summed E-state index contributed by atoms with van der Waals surface area (Å²) in [5.74, 6) is -0.738. The van der Waals surface area contributed by atoms with Crippen LogP contribution in [0.15, 0.2) is 11.4 Å². The van der Waals surface area contributed by atoms with E-state index in [0.717, 1.165) is 18.0 Å². The fourth-order valence-corrected chi connectivity index (χ4v) is 2.34. The number of hydrogen-bond acceptors (Lipinski definition) is 3. The van der Waals surface area contributed by atoms with Crippen LogP contribution in [0.1, 0.15) is 38.9 Å². The maximum Gasteiger partial charge on any atom is 0.313 e. The van der Waals surface area contributed by atoms with E-state index in [1.54, 1.807) is 0 Å². The number of nitrogens with zero attached hydrogens (tertiary/aromatic N) is 2. The van der Waals surface area contributed by atoms with Crippen molar-refractivity contribution in [3.8, 4) is 0 Å². The van der Waals surface area contributed by atoms with Gasteiger partial charge in [-0.15, -0.1) is 0 Å². The van der Waals surface area contributed by atoms with Crippen molar-refractivity contribution in [2.45, 2.75) is 44.8 Å². The maximum absolute atomic E-state index is 10.5. The third-order valence-electron chi connectivity index (χ3n) is 2.56. The van der Waals surface area contributed by atoms with E-state index < -0.39 is 5.97 Å². The van der Waals surface area contributed by atoms with Crippen LogP contribution in [-0.2, 0) is 11.2 Å². The van der Waals surface area contributed by atoms with Crippen LogP contribution in [-0.4, -0.2) is 26.4 Å². The summed E-state index contributed by atoms with van der Waals surface area (Å²) in [6, 6.07) is 0.369. The molecule has 0 aliphatic heterocycles. The van der Waals surface area contributed by atoms with Gasteiger partial charge in [0.15, 0.2) is 5.16 Å². The van der Waals surface area contributed by atoms with Crippen LogP contribution in [0.4, 0.5) is 0 Å². The highest BCUT2D eigenvalue weighted by Gasteiger charge is 2.14. The number of aliphatic carboxylic acids is 1. The van der Waals surface area contributed by atoms with Gasteiger partial charge < -0.3 is 9.67 Å². The van der Waals surface area contributed by atoms with E-state index in [2.05, 4.69) is 30.3 Å². The molecule has 0 saturated carbocycles. The maximum atomic E-state index is 10.5. The first-order valence-electron chi connectivity index (χ1n) is 5.50. The van der Waals surface area contributed by atoms with E-state index in [-0.39, 0.29) is 5.75 Å². The summed E-state index contributed by atoms with van der Waals surface area (Å²) in [7, 11) is 0. The molecule has 1 rings (SSSR count). The van der Waals surface area contributed by atoms with Gasteiger partial charge >= 0.3 is 5.97 Å². The van der Waals surface area contributed by atoms with Crippen molar-refractivity contribution in [3.05, 3.63) is 11.9 Å². The third-order valence-corrected chi connectivity index (χ3v) is 3.51. The van der Waals surface area contributed by atoms with Crippen LogP contribution in [0.2, 0.25) is 0 Å². The van der Waals surface area contributed by atoms with Gasteiger partial charge in [0, 0.05) is 17.9 Å². The standard InChI is InChI=1S/C11H18N2O2S/c1-4-8(3)13-9(5-2)6-12-11(13)16-7-10(14)15/h6,8H,4-5,7H2,1-3H3,(H,14,15). The van der Waals surface area contributed by atoms with Crippen LogP contribution >= 0.6 is 11.8 Å². The number of carboxylic acids is 1. The monoisotopic (exact) mass is 242 g/mol. The minimum Gasteiger partial charge on any atom is -0.481 e. The lowest BCUT2D eigenvalue weighted by atomic mass is 10.2. The largest absolute Gasteiger partial charge is 0.481 e. The second-order valence-corrected chi connectivity index (χ2v) is 4.64. The molecule has 0 amide bonds. The molecule has 16 heavy (non-hydrogen) atoms. The predicted octanol–water partition coefficient (Wildman–Crippen LogP) is 2.59.